The number of hydrogen-bond donors (Lipinski definition) is 0. The zero-order valence-corrected chi connectivity index (χ0v) is 11.3. The molecule has 0 aliphatic rings. The number of rotatable bonds is 6. The van der Waals surface area contributed by atoms with Gasteiger partial charge in [0.1, 0.15) is 5.78 Å². The third kappa shape index (κ3) is 3.47. The third-order valence-electron chi connectivity index (χ3n) is 2.93. The first-order valence-corrected chi connectivity index (χ1v) is 6.55. The zero-order valence-electron chi connectivity index (χ0n) is 11.3. The van der Waals surface area contributed by atoms with Gasteiger partial charge in [-0.2, -0.15) is 4.80 Å². The van der Waals surface area contributed by atoms with Gasteiger partial charge in [0.15, 0.2) is 0 Å². The molecule has 0 aliphatic carbocycles. The van der Waals surface area contributed by atoms with E-state index in [-0.39, 0.29) is 11.8 Å². The van der Waals surface area contributed by atoms with Crippen LogP contribution in [0.5, 0.6) is 0 Å². The molecule has 1 heterocycles. The van der Waals surface area contributed by atoms with E-state index in [9.17, 15) is 4.79 Å². The van der Waals surface area contributed by atoms with Crippen molar-refractivity contribution in [1.29, 1.82) is 0 Å². The van der Waals surface area contributed by atoms with Gasteiger partial charge in [-0.05, 0) is 18.6 Å². The second-order valence-corrected chi connectivity index (χ2v) is 4.65. The van der Waals surface area contributed by atoms with Crippen LogP contribution in [0.4, 0.5) is 0 Å². The minimum absolute atomic E-state index is 0.00691. The number of carbonyl (C=O) groups excluding carboxylic acids is 1. The van der Waals surface area contributed by atoms with E-state index in [4.69, 9.17) is 0 Å². The predicted molar refractivity (Wildman–Crippen MR) is 72.5 cm³/mol. The highest BCUT2D eigenvalue weighted by atomic mass is 16.1. The lowest BCUT2D eigenvalue weighted by Crippen LogP contribution is -2.15. The molecule has 2 rings (SSSR count). The molecule has 0 fully saturated rings. The quantitative estimate of drug-likeness (QED) is 0.799. The van der Waals surface area contributed by atoms with Crippen molar-refractivity contribution in [3.63, 3.8) is 0 Å². The van der Waals surface area contributed by atoms with Crippen LogP contribution in [0.1, 0.15) is 39.2 Å². The molecule has 0 radical (unpaired) electrons. The van der Waals surface area contributed by atoms with Gasteiger partial charge in [0.25, 0.3) is 0 Å². The van der Waals surface area contributed by atoms with Crippen LogP contribution in [0.25, 0.3) is 11.4 Å². The van der Waals surface area contributed by atoms with Crippen molar-refractivity contribution in [3.8, 4) is 11.4 Å². The van der Waals surface area contributed by atoms with E-state index in [1.165, 1.54) is 0 Å². The van der Waals surface area contributed by atoms with E-state index in [0.29, 0.717) is 12.2 Å². The molecular weight excluding hydrogens is 240 g/mol. The molecule has 1 aromatic carbocycles. The highest BCUT2D eigenvalue weighted by molar-refractivity contribution is 5.75. The molecule has 100 valence electrons. The second-order valence-electron chi connectivity index (χ2n) is 4.65. The number of hydrogen-bond acceptors (Lipinski definition) is 4. The number of aromatic nitrogens is 4. The monoisotopic (exact) mass is 258 g/mol. The van der Waals surface area contributed by atoms with Crippen LogP contribution in [0.2, 0.25) is 0 Å². The molecule has 0 N–H and O–H groups in total. The van der Waals surface area contributed by atoms with Crippen molar-refractivity contribution in [3.05, 3.63) is 30.3 Å². The van der Waals surface area contributed by atoms with Crippen LogP contribution < -0.4 is 0 Å². The Hall–Kier alpha value is -2.04. The Balaban J connectivity index is 2.21. The normalized spacial score (nSPS) is 12.3. The Morgan fingerprint density at radius 1 is 1.32 bits per heavy atom. The molecule has 5 nitrogen and oxygen atoms in total. The number of carbonyl (C=O) groups is 1. The summed E-state index contributed by atoms with van der Waals surface area (Å²) in [6.45, 7) is 3.68. The first kappa shape index (κ1) is 13.4. The molecule has 2 aromatic rings. The summed E-state index contributed by atoms with van der Waals surface area (Å²) in [5, 5.41) is 12.6. The summed E-state index contributed by atoms with van der Waals surface area (Å²) in [6, 6.07) is 9.73. The summed E-state index contributed by atoms with van der Waals surface area (Å²) in [5.74, 6) is 0.752. The first-order valence-electron chi connectivity index (χ1n) is 6.55. The molecule has 19 heavy (non-hydrogen) atoms. The second kappa shape index (κ2) is 6.22. The molecule has 0 amide bonds. The molecule has 0 unspecified atom stereocenters. The molecule has 0 saturated carbocycles. The number of nitrogens with zero attached hydrogens (tertiary/aromatic N) is 4. The fraction of sp³-hybridized carbons (Fsp3) is 0.429. The summed E-state index contributed by atoms with van der Waals surface area (Å²) >= 11 is 0. The van der Waals surface area contributed by atoms with Crippen molar-refractivity contribution >= 4 is 5.78 Å². The summed E-state index contributed by atoms with van der Waals surface area (Å²) in [5.41, 5.74) is 0.937. The van der Waals surface area contributed by atoms with Crippen LogP contribution in [-0.4, -0.2) is 26.0 Å². The van der Waals surface area contributed by atoms with Gasteiger partial charge in [0.2, 0.25) is 5.82 Å². The molecule has 0 spiro atoms. The van der Waals surface area contributed by atoms with Crippen molar-refractivity contribution < 1.29 is 4.79 Å². The topological polar surface area (TPSA) is 60.7 Å². The third-order valence-corrected chi connectivity index (χ3v) is 2.93. The molecule has 0 aliphatic heterocycles. The Morgan fingerprint density at radius 3 is 2.68 bits per heavy atom. The van der Waals surface area contributed by atoms with Gasteiger partial charge in [0.05, 0.1) is 6.04 Å². The molecule has 1 atom stereocenters. The predicted octanol–water partition coefficient (Wildman–Crippen LogP) is 2.66. The van der Waals surface area contributed by atoms with E-state index < -0.39 is 0 Å². The summed E-state index contributed by atoms with van der Waals surface area (Å²) < 4.78 is 0. The van der Waals surface area contributed by atoms with Gasteiger partial charge >= 0.3 is 0 Å². The van der Waals surface area contributed by atoms with Gasteiger partial charge in [-0.1, -0.05) is 43.7 Å². The van der Waals surface area contributed by atoms with Crippen LogP contribution in [-0.2, 0) is 4.79 Å². The molecule has 1 aromatic heterocycles. The average Bonchev–Trinajstić information content (AvgIpc) is 2.88. The van der Waals surface area contributed by atoms with Gasteiger partial charge in [-0.3, -0.25) is 4.79 Å². The maximum atomic E-state index is 11.3. The Morgan fingerprint density at radius 2 is 2.05 bits per heavy atom. The van der Waals surface area contributed by atoms with E-state index in [2.05, 4.69) is 22.3 Å². The van der Waals surface area contributed by atoms with Crippen molar-refractivity contribution in [2.45, 2.75) is 39.2 Å². The Labute approximate surface area is 112 Å². The lowest BCUT2D eigenvalue weighted by molar-refractivity contribution is -0.117. The summed E-state index contributed by atoms with van der Waals surface area (Å²) in [6.07, 6.45) is 2.32. The molecular formula is C14H18N4O. The van der Waals surface area contributed by atoms with E-state index in [0.717, 1.165) is 18.4 Å². The Kier molecular flexibility index (Phi) is 4.39. The zero-order chi connectivity index (χ0) is 13.7. The smallest absolute Gasteiger partial charge is 0.204 e. The standard InChI is InChI=1S/C14H18N4O/c1-3-7-13(10-11(2)19)18-16-14(15-17-18)12-8-5-4-6-9-12/h4-6,8-9,13H,3,7,10H2,1-2H3/t13-/m0/s1. The number of tetrazole rings is 1. The van der Waals surface area contributed by atoms with Gasteiger partial charge in [0, 0.05) is 12.0 Å². The highest BCUT2D eigenvalue weighted by Crippen LogP contribution is 2.18. The van der Waals surface area contributed by atoms with Crippen LogP contribution in [0, 0.1) is 0 Å². The van der Waals surface area contributed by atoms with Crippen LogP contribution in [0.3, 0.4) is 0 Å². The lowest BCUT2D eigenvalue weighted by atomic mass is 10.1. The number of Topliss-reactive ketones (excluding diaryl/α,β-unsaturated/α-hetero) is 1. The minimum atomic E-state index is 0.00691. The number of benzene rings is 1. The van der Waals surface area contributed by atoms with E-state index in [1.807, 2.05) is 30.3 Å². The Bertz CT molecular complexity index is 535. The van der Waals surface area contributed by atoms with Gasteiger partial charge in [-0.15, -0.1) is 10.2 Å². The van der Waals surface area contributed by atoms with Crippen molar-refractivity contribution in [2.24, 2.45) is 0 Å². The van der Waals surface area contributed by atoms with Crippen molar-refractivity contribution in [2.75, 3.05) is 0 Å². The molecule has 0 bridgehead atoms. The van der Waals surface area contributed by atoms with Crippen molar-refractivity contribution in [1.82, 2.24) is 20.2 Å². The first-order chi connectivity index (χ1) is 9.20. The number of ketones is 1. The lowest BCUT2D eigenvalue weighted by Gasteiger charge is -2.12. The van der Waals surface area contributed by atoms with Gasteiger partial charge in [-0.25, -0.2) is 0 Å². The van der Waals surface area contributed by atoms with Crippen LogP contribution in [0.15, 0.2) is 30.3 Å². The largest absolute Gasteiger partial charge is 0.300 e. The maximum absolute atomic E-state index is 11.3. The fourth-order valence-corrected chi connectivity index (χ4v) is 2.05. The maximum Gasteiger partial charge on any atom is 0.204 e. The fourth-order valence-electron chi connectivity index (χ4n) is 2.05. The average molecular weight is 258 g/mol. The van der Waals surface area contributed by atoms with E-state index >= 15 is 0 Å². The molecule has 5 heteroatoms. The van der Waals surface area contributed by atoms with Gasteiger partial charge < -0.3 is 0 Å². The SMILES string of the molecule is CCC[C@@H](CC(C)=O)n1nnc(-c2ccccc2)n1. The summed E-state index contributed by atoms with van der Waals surface area (Å²) in [4.78, 5) is 12.9. The highest BCUT2D eigenvalue weighted by Gasteiger charge is 2.16. The molecule has 0 saturated heterocycles. The minimum Gasteiger partial charge on any atom is -0.300 e. The van der Waals surface area contributed by atoms with E-state index in [1.54, 1.807) is 11.7 Å². The van der Waals surface area contributed by atoms with Crippen LogP contribution >= 0.6 is 0 Å². The summed E-state index contributed by atoms with van der Waals surface area (Å²) in [7, 11) is 0.